The van der Waals surface area contributed by atoms with Crippen molar-refractivity contribution in [2.45, 2.75) is 32.9 Å². The van der Waals surface area contributed by atoms with Crippen LogP contribution in [0.3, 0.4) is 0 Å². The van der Waals surface area contributed by atoms with E-state index in [0.29, 0.717) is 55.9 Å². The molecule has 12 heteroatoms. The average Bonchev–Trinajstić information content (AvgIpc) is 2.93. The number of carbonyl (C=O) groups is 2. The number of carboxylic acid groups (broad SMARTS) is 1. The van der Waals surface area contributed by atoms with E-state index in [9.17, 15) is 19.5 Å². The molecule has 3 heterocycles. The number of hydrogen-bond donors (Lipinski definition) is 2. The summed E-state index contributed by atoms with van der Waals surface area (Å²) in [6.07, 6.45) is 3.17. The first-order valence-corrected chi connectivity index (χ1v) is 12.9. The van der Waals surface area contributed by atoms with Crippen LogP contribution in [0.15, 0.2) is 47.5 Å². The second-order valence-corrected chi connectivity index (χ2v) is 9.17. The topological polar surface area (TPSA) is 130 Å². The normalized spacial score (nSPS) is 14.3. The Morgan fingerprint density at radius 3 is 2.50 bits per heavy atom. The number of benzene rings is 1. The number of ether oxygens (including phenoxy) is 1. The molecule has 1 unspecified atom stereocenters. The van der Waals surface area contributed by atoms with Crippen LogP contribution in [0.2, 0.25) is 0 Å². The Balaban J connectivity index is 1.45. The molecule has 0 radical (unpaired) electrons. The average molecular weight is 539 g/mol. The molecule has 0 saturated carbocycles. The number of carboxylic acids is 1. The molecule has 1 aliphatic heterocycles. The standard InChI is InChI=1S/C26H30N6O5S/c1-3-30-16-19(23(34)35)21(33)18-15-27-25(29-22(18)30)31-10-12-32(13-11-31)26(38)28-20(24(36)37-4-2)14-17-8-6-5-7-9-17/h5-9,15-16,20H,3-4,10-14H2,1-2H3,(H,28,38)(H,34,35). The van der Waals surface area contributed by atoms with E-state index >= 15 is 0 Å². The fourth-order valence-electron chi connectivity index (χ4n) is 4.35. The van der Waals surface area contributed by atoms with E-state index in [1.54, 1.807) is 11.5 Å². The summed E-state index contributed by atoms with van der Waals surface area (Å²) in [5, 5.41) is 13.2. The Bertz CT molecular complexity index is 1390. The van der Waals surface area contributed by atoms with Gasteiger partial charge in [0.2, 0.25) is 11.4 Å². The van der Waals surface area contributed by atoms with Gasteiger partial charge in [-0.05, 0) is 31.6 Å². The number of piperazine rings is 1. The van der Waals surface area contributed by atoms with Gasteiger partial charge in [0, 0.05) is 51.5 Å². The molecule has 3 aromatic rings. The molecule has 0 amide bonds. The summed E-state index contributed by atoms with van der Waals surface area (Å²) in [7, 11) is 0. The first kappa shape index (κ1) is 27.0. The van der Waals surface area contributed by atoms with Crippen LogP contribution < -0.4 is 15.6 Å². The van der Waals surface area contributed by atoms with E-state index in [0.717, 1.165) is 5.56 Å². The molecule has 1 atom stereocenters. The van der Waals surface area contributed by atoms with Crippen molar-refractivity contribution >= 4 is 46.3 Å². The van der Waals surface area contributed by atoms with E-state index in [-0.39, 0.29) is 23.5 Å². The van der Waals surface area contributed by atoms with Crippen molar-refractivity contribution < 1.29 is 19.4 Å². The third-order valence-electron chi connectivity index (χ3n) is 6.37. The summed E-state index contributed by atoms with van der Waals surface area (Å²) >= 11 is 5.64. The first-order chi connectivity index (χ1) is 18.3. The fourth-order valence-corrected chi connectivity index (χ4v) is 4.67. The molecule has 0 spiro atoms. The van der Waals surface area contributed by atoms with Gasteiger partial charge in [-0.15, -0.1) is 0 Å². The van der Waals surface area contributed by atoms with Gasteiger partial charge in [0.25, 0.3) is 0 Å². The molecule has 2 aromatic heterocycles. The molecule has 1 aromatic carbocycles. The Morgan fingerprint density at radius 2 is 1.87 bits per heavy atom. The maximum absolute atomic E-state index is 12.6. The van der Waals surface area contributed by atoms with Crippen LogP contribution in [0.1, 0.15) is 29.8 Å². The molecule has 2 N–H and O–H groups in total. The Kier molecular flexibility index (Phi) is 8.52. The maximum atomic E-state index is 12.6. The summed E-state index contributed by atoms with van der Waals surface area (Å²) < 4.78 is 6.90. The van der Waals surface area contributed by atoms with Gasteiger partial charge in [0.05, 0.1) is 12.0 Å². The second kappa shape index (κ2) is 12.0. The van der Waals surface area contributed by atoms with Crippen molar-refractivity contribution in [3.05, 3.63) is 64.1 Å². The van der Waals surface area contributed by atoms with Crippen molar-refractivity contribution in [1.29, 1.82) is 0 Å². The number of fused-ring (bicyclic) bond motifs is 1. The lowest BCUT2D eigenvalue weighted by atomic mass is 10.1. The van der Waals surface area contributed by atoms with Crippen LogP contribution in [0.4, 0.5) is 5.95 Å². The monoisotopic (exact) mass is 538 g/mol. The Labute approximate surface area is 225 Å². The molecule has 38 heavy (non-hydrogen) atoms. The maximum Gasteiger partial charge on any atom is 0.341 e. The molecule has 200 valence electrons. The van der Waals surface area contributed by atoms with Gasteiger partial charge in [-0.3, -0.25) is 4.79 Å². The number of thiocarbonyl (C=S) groups is 1. The van der Waals surface area contributed by atoms with Crippen molar-refractivity contribution in [2.75, 3.05) is 37.7 Å². The highest BCUT2D eigenvalue weighted by atomic mass is 32.1. The molecule has 4 rings (SSSR count). The lowest BCUT2D eigenvalue weighted by Crippen LogP contribution is -2.55. The van der Waals surface area contributed by atoms with E-state index in [4.69, 9.17) is 17.0 Å². The Morgan fingerprint density at radius 1 is 1.16 bits per heavy atom. The number of nitrogens with one attached hydrogen (secondary N) is 1. The SMILES string of the molecule is CCOC(=O)C(Cc1ccccc1)NC(=S)N1CCN(c2ncc3c(=O)c(C(=O)O)cn(CC)c3n2)CC1. The van der Waals surface area contributed by atoms with Crippen molar-refractivity contribution in [3.8, 4) is 0 Å². The number of rotatable bonds is 8. The highest BCUT2D eigenvalue weighted by molar-refractivity contribution is 7.80. The van der Waals surface area contributed by atoms with Gasteiger partial charge in [-0.2, -0.15) is 4.98 Å². The number of aromatic carboxylic acids is 1. The first-order valence-electron chi connectivity index (χ1n) is 12.5. The summed E-state index contributed by atoms with van der Waals surface area (Å²) in [5.41, 5.74) is 0.487. The predicted molar refractivity (Wildman–Crippen MR) is 147 cm³/mol. The smallest absolute Gasteiger partial charge is 0.341 e. The van der Waals surface area contributed by atoms with Gasteiger partial charge in [-0.1, -0.05) is 30.3 Å². The Hall–Kier alpha value is -4.06. The van der Waals surface area contributed by atoms with Gasteiger partial charge < -0.3 is 29.5 Å². The molecule has 1 aliphatic rings. The third-order valence-corrected chi connectivity index (χ3v) is 6.75. The number of hydrogen-bond acceptors (Lipinski definition) is 8. The highest BCUT2D eigenvalue weighted by Gasteiger charge is 2.26. The third kappa shape index (κ3) is 5.91. The summed E-state index contributed by atoms with van der Waals surface area (Å²) in [6.45, 7) is 6.65. The van der Waals surface area contributed by atoms with Crippen molar-refractivity contribution in [1.82, 2.24) is 24.8 Å². The summed E-state index contributed by atoms with van der Waals surface area (Å²) in [6, 6.07) is 9.09. The summed E-state index contributed by atoms with van der Waals surface area (Å²) in [4.78, 5) is 49.6. The number of nitrogens with zero attached hydrogens (tertiary/aromatic N) is 5. The van der Waals surface area contributed by atoms with E-state index < -0.39 is 17.4 Å². The molecule has 11 nitrogen and oxygen atoms in total. The van der Waals surface area contributed by atoms with Crippen molar-refractivity contribution in [3.63, 3.8) is 0 Å². The van der Waals surface area contributed by atoms with E-state index in [2.05, 4.69) is 15.3 Å². The van der Waals surface area contributed by atoms with Gasteiger partial charge >= 0.3 is 11.9 Å². The van der Waals surface area contributed by atoms with E-state index in [1.165, 1.54) is 12.4 Å². The number of esters is 1. The minimum absolute atomic E-state index is 0.169. The quantitative estimate of drug-likeness (QED) is 0.321. The molecular weight excluding hydrogens is 508 g/mol. The van der Waals surface area contributed by atoms with Gasteiger partial charge in [-0.25, -0.2) is 14.6 Å². The number of aryl methyl sites for hydroxylation is 1. The number of pyridine rings is 1. The lowest BCUT2D eigenvalue weighted by molar-refractivity contribution is -0.145. The number of carbonyl (C=O) groups excluding carboxylic acids is 1. The number of anilines is 1. The highest BCUT2D eigenvalue weighted by Crippen LogP contribution is 2.16. The zero-order valence-corrected chi connectivity index (χ0v) is 22.1. The fraction of sp³-hybridized carbons (Fsp3) is 0.385. The van der Waals surface area contributed by atoms with Crippen LogP contribution in [0, 0.1) is 0 Å². The molecule has 0 bridgehead atoms. The molecular formula is C26H30N6O5S. The molecule has 1 fully saturated rings. The van der Waals surface area contributed by atoms with Crippen LogP contribution in [-0.2, 0) is 22.5 Å². The zero-order valence-electron chi connectivity index (χ0n) is 21.3. The minimum Gasteiger partial charge on any atom is -0.477 e. The number of aromatic nitrogens is 3. The summed E-state index contributed by atoms with van der Waals surface area (Å²) in [5.74, 6) is -1.18. The predicted octanol–water partition coefficient (Wildman–Crippen LogP) is 1.68. The van der Waals surface area contributed by atoms with Gasteiger partial charge in [0.15, 0.2) is 5.11 Å². The minimum atomic E-state index is -1.28. The lowest BCUT2D eigenvalue weighted by Gasteiger charge is -2.37. The van der Waals surface area contributed by atoms with Crippen LogP contribution in [0.5, 0.6) is 0 Å². The van der Waals surface area contributed by atoms with Crippen LogP contribution in [-0.4, -0.2) is 80.4 Å². The zero-order chi connectivity index (χ0) is 27.2. The van der Waals surface area contributed by atoms with Crippen LogP contribution >= 0.6 is 12.2 Å². The molecule has 0 aliphatic carbocycles. The second-order valence-electron chi connectivity index (χ2n) is 8.79. The molecule has 1 saturated heterocycles. The van der Waals surface area contributed by atoms with Gasteiger partial charge in [0.1, 0.15) is 17.3 Å². The van der Waals surface area contributed by atoms with E-state index in [1.807, 2.05) is 47.1 Å². The van der Waals surface area contributed by atoms with Crippen LogP contribution in [0.25, 0.3) is 11.0 Å². The van der Waals surface area contributed by atoms with Crippen molar-refractivity contribution in [2.24, 2.45) is 0 Å². The largest absolute Gasteiger partial charge is 0.477 e.